The Labute approximate surface area is 171 Å². The lowest BCUT2D eigenvalue weighted by Gasteiger charge is -2.22. The molecule has 1 atom stereocenters. The Morgan fingerprint density at radius 2 is 1.97 bits per heavy atom. The quantitative estimate of drug-likeness (QED) is 0.531. The number of aryl methyl sites for hydroxylation is 2. The third kappa shape index (κ3) is 3.63. The topological polar surface area (TPSA) is 68.5 Å². The molecule has 1 aromatic carbocycles. The molecule has 0 radical (unpaired) electrons. The number of aromatic nitrogens is 5. The minimum Gasteiger partial charge on any atom is -0.360 e. The highest BCUT2D eigenvalue weighted by atomic mass is 32.1. The van der Waals surface area contributed by atoms with Gasteiger partial charge in [-0.2, -0.15) is 5.10 Å². The third-order valence-corrected chi connectivity index (χ3v) is 6.16. The van der Waals surface area contributed by atoms with Crippen molar-refractivity contribution in [1.82, 2.24) is 25.0 Å². The number of anilines is 1. The Balaban J connectivity index is 1.37. The summed E-state index contributed by atoms with van der Waals surface area (Å²) in [5.74, 6) is 1.16. The van der Waals surface area contributed by atoms with Crippen LogP contribution in [0.15, 0.2) is 48.7 Å². The summed E-state index contributed by atoms with van der Waals surface area (Å²) < 4.78 is 14.9. The van der Waals surface area contributed by atoms with E-state index in [1.807, 2.05) is 31.3 Å². The van der Waals surface area contributed by atoms with E-state index in [2.05, 4.69) is 20.6 Å². The van der Waals surface area contributed by atoms with Gasteiger partial charge in [-0.15, -0.1) is 21.5 Å². The normalized spacial score (nSPS) is 15.9. The summed E-state index contributed by atoms with van der Waals surface area (Å²) in [7, 11) is 0. The summed E-state index contributed by atoms with van der Waals surface area (Å²) in [5.41, 5.74) is 2.95. The van der Waals surface area contributed by atoms with Crippen molar-refractivity contribution in [1.29, 1.82) is 0 Å². The van der Waals surface area contributed by atoms with Crippen molar-refractivity contribution in [2.45, 2.75) is 32.2 Å². The van der Waals surface area contributed by atoms with Gasteiger partial charge in [0.15, 0.2) is 5.82 Å². The number of benzene rings is 1. The molecule has 1 N–H and O–H groups in total. The Morgan fingerprint density at radius 3 is 2.69 bits per heavy atom. The highest BCUT2D eigenvalue weighted by molar-refractivity contribution is 7.15. The zero-order valence-corrected chi connectivity index (χ0v) is 16.7. The SMILES string of the molecule is Cc1ccn(-c2ccc(NC3CCCc4sc(-c5ccc(F)cc5)nc43)nn2)n1. The van der Waals surface area contributed by atoms with Crippen molar-refractivity contribution < 1.29 is 4.39 Å². The van der Waals surface area contributed by atoms with Crippen LogP contribution < -0.4 is 5.32 Å². The summed E-state index contributed by atoms with van der Waals surface area (Å²) in [5, 5.41) is 17.4. The van der Waals surface area contributed by atoms with E-state index in [9.17, 15) is 4.39 Å². The average molecular weight is 406 g/mol. The second-order valence-corrected chi connectivity index (χ2v) is 8.19. The first-order valence-corrected chi connectivity index (χ1v) is 10.4. The third-order valence-electron chi connectivity index (χ3n) is 4.98. The Hall–Kier alpha value is -3.13. The van der Waals surface area contributed by atoms with E-state index in [-0.39, 0.29) is 11.9 Å². The van der Waals surface area contributed by atoms with Crippen LogP contribution in [0.4, 0.5) is 10.2 Å². The number of halogens is 1. The van der Waals surface area contributed by atoms with Crippen LogP contribution in [0.3, 0.4) is 0 Å². The minimum atomic E-state index is -0.234. The molecule has 8 heteroatoms. The van der Waals surface area contributed by atoms with Crippen LogP contribution in [0.1, 0.15) is 35.1 Å². The number of fused-ring (bicyclic) bond motifs is 1. The lowest BCUT2D eigenvalue weighted by Crippen LogP contribution is -2.18. The molecule has 0 aliphatic heterocycles. The molecule has 6 nitrogen and oxygen atoms in total. The monoisotopic (exact) mass is 406 g/mol. The van der Waals surface area contributed by atoms with Gasteiger partial charge >= 0.3 is 0 Å². The van der Waals surface area contributed by atoms with Gasteiger partial charge in [0, 0.05) is 16.6 Å². The molecule has 4 aromatic rings. The molecule has 3 aromatic heterocycles. The molecule has 5 rings (SSSR count). The van der Waals surface area contributed by atoms with Gasteiger partial charge in [0.25, 0.3) is 0 Å². The zero-order chi connectivity index (χ0) is 19.8. The highest BCUT2D eigenvalue weighted by Crippen LogP contribution is 2.38. The predicted octanol–water partition coefficient (Wildman–Crippen LogP) is 4.72. The Kier molecular flexibility index (Phi) is 4.55. The van der Waals surface area contributed by atoms with E-state index < -0.39 is 0 Å². The van der Waals surface area contributed by atoms with Crippen molar-refractivity contribution in [3.8, 4) is 16.4 Å². The van der Waals surface area contributed by atoms with Crippen molar-refractivity contribution in [2.75, 3.05) is 5.32 Å². The van der Waals surface area contributed by atoms with Crippen LogP contribution >= 0.6 is 11.3 Å². The van der Waals surface area contributed by atoms with Crippen LogP contribution in [-0.4, -0.2) is 25.0 Å². The zero-order valence-electron chi connectivity index (χ0n) is 15.8. The molecule has 0 amide bonds. The lowest BCUT2D eigenvalue weighted by atomic mass is 9.97. The van der Waals surface area contributed by atoms with Gasteiger partial charge in [0.2, 0.25) is 0 Å². The van der Waals surface area contributed by atoms with Crippen LogP contribution in [0, 0.1) is 12.7 Å². The molecule has 0 saturated carbocycles. The second kappa shape index (κ2) is 7.36. The Morgan fingerprint density at radius 1 is 1.10 bits per heavy atom. The summed E-state index contributed by atoms with van der Waals surface area (Å²) in [6.45, 7) is 1.94. The van der Waals surface area contributed by atoms with E-state index in [0.717, 1.165) is 41.2 Å². The van der Waals surface area contributed by atoms with Gasteiger partial charge in [-0.3, -0.25) is 0 Å². The number of hydrogen-bond acceptors (Lipinski definition) is 6. The molecule has 0 bridgehead atoms. The van der Waals surface area contributed by atoms with E-state index in [1.165, 1.54) is 17.0 Å². The summed E-state index contributed by atoms with van der Waals surface area (Å²) in [6, 6.07) is 12.4. The van der Waals surface area contributed by atoms with Crippen molar-refractivity contribution >= 4 is 17.2 Å². The number of rotatable bonds is 4. The first kappa shape index (κ1) is 17.9. The molecule has 1 aliphatic carbocycles. The van der Waals surface area contributed by atoms with Gasteiger partial charge in [0.1, 0.15) is 16.6 Å². The maximum absolute atomic E-state index is 13.2. The van der Waals surface area contributed by atoms with Crippen LogP contribution in [-0.2, 0) is 6.42 Å². The molecule has 0 fully saturated rings. The minimum absolute atomic E-state index is 0.0938. The fourth-order valence-electron chi connectivity index (χ4n) is 3.52. The van der Waals surface area contributed by atoms with Crippen molar-refractivity contribution in [3.05, 3.63) is 70.7 Å². The van der Waals surface area contributed by atoms with E-state index in [4.69, 9.17) is 4.98 Å². The fraction of sp³-hybridized carbons (Fsp3) is 0.238. The smallest absolute Gasteiger partial charge is 0.175 e. The number of thiazole rings is 1. The van der Waals surface area contributed by atoms with E-state index >= 15 is 0 Å². The first-order valence-electron chi connectivity index (χ1n) is 9.54. The lowest BCUT2D eigenvalue weighted by molar-refractivity contribution is 0.591. The molecule has 1 unspecified atom stereocenters. The second-order valence-electron chi connectivity index (χ2n) is 7.10. The highest BCUT2D eigenvalue weighted by Gasteiger charge is 2.25. The maximum Gasteiger partial charge on any atom is 0.175 e. The molecule has 0 saturated heterocycles. The van der Waals surface area contributed by atoms with Crippen molar-refractivity contribution in [2.24, 2.45) is 0 Å². The van der Waals surface area contributed by atoms with Gasteiger partial charge in [-0.1, -0.05) is 0 Å². The summed E-state index contributed by atoms with van der Waals surface area (Å²) >= 11 is 1.69. The predicted molar refractivity (Wildman–Crippen MR) is 111 cm³/mol. The number of nitrogens with one attached hydrogen (secondary N) is 1. The van der Waals surface area contributed by atoms with Gasteiger partial charge in [-0.05, 0) is 68.7 Å². The fourth-order valence-corrected chi connectivity index (χ4v) is 4.69. The molecule has 146 valence electrons. The first-order chi connectivity index (χ1) is 14.2. The summed E-state index contributed by atoms with van der Waals surface area (Å²) in [4.78, 5) is 6.15. The van der Waals surface area contributed by atoms with Crippen LogP contribution in [0.25, 0.3) is 16.4 Å². The largest absolute Gasteiger partial charge is 0.360 e. The molecule has 0 spiro atoms. The van der Waals surface area contributed by atoms with E-state index in [0.29, 0.717) is 11.6 Å². The molecule has 3 heterocycles. The molecular formula is C21H19FN6S. The summed E-state index contributed by atoms with van der Waals surface area (Å²) in [6.07, 6.45) is 4.97. The molecule has 1 aliphatic rings. The standard InChI is InChI=1S/C21H19FN6S/c1-13-11-12-28(27-13)19-10-9-18(25-26-19)23-16-3-2-4-17-20(16)24-21(29-17)14-5-7-15(22)8-6-14/h5-12,16H,2-4H2,1H3,(H,23,25). The van der Waals surface area contributed by atoms with Gasteiger partial charge in [0.05, 0.1) is 17.4 Å². The van der Waals surface area contributed by atoms with Gasteiger partial charge < -0.3 is 5.32 Å². The van der Waals surface area contributed by atoms with Crippen LogP contribution in [0.2, 0.25) is 0 Å². The molecular weight excluding hydrogens is 387 g/mol. The number of nitrogens with zero attached hydrogens (tertiary/aromatic N) is 5. The van der Waals surface area contributed by atoms with Gasteiger partial charge in [-0.25, -0.2) is 14.1 Å². The number of hydrogen-bond donors (Lipinski definition) is 1. The maximum atomic E-state index is 13.2. The Bertz CT molecular complexity index is 1130. The average Bonchev–Trinajstić information content (AvgIpc) is 3.36. The van der Waals surface area contributed by atoms with Crippen molar-refractivity contribution in [3.63, 3.8) is 0 Å². The van der Waals surface area contributed by atoms with Crippen LogP contribution in [0.5, 0.6) is 0 Å². The molecule has 29 heavy (non-hydrogen) atoms. The van der Waals surface area contributed by atoms with E-state index in [1.54, 1.807) is 28.2 Å².